The fourth-order valence-corrected chi connectivity index (χ4v) is 1.50. The maximum atomic E-state index is 8.67. The molecule has 0 atom stereocenters. The summed E-state index contributed by atoms with van der Waals surface area (Å²) in [6.07, 6.45) is 4.92. The molecule has 2 aromatic rings. The fraction of sp³-hybridized carbons (Fsp3) is 0.400. The van der Waals surface area contributed by atoms with E-state index in [4.69, 9.17) is 16.7 Å². The Balaban J connectivity index is 2.07. The van der Waals surface area contributed by atoms with E-state index in [1.165, 1.54) is 4.68 Å². The summed E-state index contributed by atoms with van der Waals surface area (Å²) in [6, 6.07) is 1.77. The number of unbranched alkanes of at least 4 members (excludes halogenated alkanes) is 1. The Morgan fingerprint density at radius 2 is 2.17 bits per heavy atom. The number of hydrogen-bond acceptors (Lipinski definition) is 6. The van der Waals surface area contributed by atoms with Crippen LogP contribution in [0, 0.1) is 0 Å². The van der Waals surface area contributed by atoms with Crippen molar-refractivity contribution in [3.8, 4) is 5.95 Å². The molecule has 0 aromatic carbocycles. The number of aliphatic hydroxyl groups excluding tert-OH is 1. The Morgan fingerprint density at radius 3 is 2.89 bits per heavy atom. The molecule has 0 fully saturated rings. The van der Waals surface area contributed by atoms with Gasteiger partial charge in [-0.3, -0.25) is 0 Å². The summed E-state index contributed by atoms with van der Waals surface area (Å²) in [5, 5.41) is 15.8. The summed E-state index contributed by atoms with van der Waals surface area (Å²) >= 11 is 5.82. The third-order valence-corrected chi connectivity index (χ3v) is 2.34. The van der Waals surface area contributed by atoms with Crippen LogP contribution in [-0.4, -0.2) is 43.0 Å². The second-order valence-electron chi connectivity index (χ2n) is 3.54. The fourth-order valence-electron chi connectivity index (χ4n) is 1.35. The van der Waals surface area contributed by atoms with Gasteiger partial charge in [-0.05, 0) is 30.5 Å². The van der Waals surface area contributed by atoms with E-state index in [1.54, 1.807) is 18.5 Å². The Labute approximate surface area is 109 Å². The Morgan fingerprint density at radius 1 is 1.28 bits per heavy atom. The number of aliphatic hydroxyl groups is 1. The minimum atomic E-state index is 0.111. The molecule has 96 valence electrons. The number of nitrogens with one attached hydrogen (secondary N) is 1. The molecule has 0 aliphatic rings. The summed E-state index contributed by atoms with van der Waals surface area (Å²) in [7, 11) is 0. The molecule has 7 nitrogen and oxygen atoms in total. The molecule has 8 heteroatoms. The Hall–Kier alpha value is -1.73. The largest absolute Gasteiger partial charge is 0.396 e. The summed E-state index contributed by atoms with van der Waals surface area (Å²) in [5.41, 5.74) is 0. The van der Waals surface area contributed by atoms with Gasteiger partial charge in [0.2, 0.25) is 11.2 Å². The molecular weight excluding hydrogens is 256 g/mol. The van der Waals surface area contributed by atoms with Crippen molar-refractivity contribution in [2.75, 3.05) is 18.5 Å². The molecule has 2 rings (SSSR count). The van der Waals surface area contributed by atoms with Crippen LogP contribution in [0.1, 0.15) is 12.8 Å². The maximum Gasteiger partial charge on any atom is 0.256 e. The topological polar surface area (TPSA) is 88.8 Å². The van der Waals surface area contributed by atoms with E-state index in [-0.39, 0.29) is 11.9 Å². The van der Waals surface area contributed by atoms with Crippen LogP contribution in [0.4, 0.5) is 5.95 Å². The van der Waals surface area contributed by atoms with E-state index in [0.717, 1.165) is 12.8 Å². The molecule has 18 heavy (non-hydrogen) atoms. The van der Waals surface area contributed by atoms with Gasteiger partial charge in [0, 0.05) is 25.5 Å². The van der Waals surface area contributed by atoms with E-state index < -0.39 is 0 Å². The molecule has 2 aromatic heterocycles. The highest BCUT2D eigenvalue weighted by atomic mass is 35.5. The average Bonchev–Trinajstić information content (AvgIpc) is 2.88. The summed E-state index contributed by atoms with van der Waals surface area (Å²) < 4.78 is 1.51. The molecule has 0 spiro atoms. The van der Waals surface area contributed by atoms with Crippen LogP contribution in [0.25, 0.3) is 5.95 Å². The first-order valence-corrected chi connectivity index (χ1v) is 5.94. The van der Waals surface area contributed by atoms with Crippen molar-refractivity contribution in [1.82, 2.24) is 24.7 Å². The molecule has 0 aliphatic carbocycles. The summed E-state index contributed by atoms with van der Waals surface area (Å²) in [6.45, 7) is 0.845. The summed E-state index contributed by atoms with van der Waals surface area (Å²) in [5.74, 6) is 0.767. The lowest BCUT2D eigenvalue weighted by molar-refractivity contribution is 0.286. The zero-order valence-corrected chi connectivity index (χ0v) is 10.4. The SMILES string of the molecule is OCCCCNc1nc(Cl)nc(-n2cccn2)n1. The highest BCUT2D eigenvalue weighted by Gasteiger charge is 2.06. The monoisotopic (exact) mass is 268 g/mol. The normalized spacial score (nSPS) is 10.6. The quantitative estimate of drug-likeness (QED) is 0.757. The second-order valence-corrected chi connectivity index (χ2v) is 3.87. The first-order chi connectivity index (χ1) is 8.79. The second kappa shape index (κ2) is 6.27. The van der Waals surface area contributed by atoms with Crippen molar-refractivity contribution < 1.29 is 5.11 Å². The third kappa shape index (κ3) is 3.38. The number of halogens is 1. The van der Waals surface area contributed by atoms with Crippen molar-refractivity contribution >= 4 is 17.5 Å². The highest BCUT2D eigenvalue weighted by molar-refractivity contribution is 6.28. The molecule has 2 heterocycles. The average molecular weight is 269 g/mol. The van der Waals surface area contributed by atoms with Crippen LogP contribution in [0.3, 0.4) is 0 Å². The zero-order chi connectivity index (χ0) is 12.8. The number of anilines is 1. The van der Waals surface area contributed by atoms with Gasteiger partial charge in [0.25, 0.3) is 5.95 Å². The molecule has 0 unspecified atom stereocenters. The van der Waals surface area contributed by atoms with Gasteiger partial charge in [-0.25, -0.2) is 4.68 Å². The first kappa shape index (κ1) is 12.7. The van der Waals surface area contributed by atoms with Crippen molar-refractivity contribution in [3.05, 3.63) is 23.7 Å². The predicted octanol–water partition coefficient (Wildman–Crippen LogP) is 0.895. The smallest absolute Gasteiger partial charge is 0.256 e. The predicted molar refractivity (Wildman–Crippen MR) is 66.8 cm³/mol. The van der Waals surface area contributed by atoms with E-state index >= 15 is 0 Å². The molecule has 0 aliphatic heterocycles. The number of aromatic nitrogens is 5. The first-order valence-electron chi connectivity index (χ1n) is 5.56. The van der Waals surface area contributed by atoms with Crippen molar-refractivity contribution in [2.45, 2.75) is 12.8 Å². The van der Waals surface area contributed by atoms with Crippen molar-refractivity contribution in [1.29, 1.82) is 0 Å². The number of nitrogens with zero attached hydrogens (tertiary/aromatic N) is 5. The minimum absolute atomic E-state index is 0.111. The van der Waals surface area contributed by atoms with Gasteiger partial charge < -0.3 is 10.4 Å². The molecule has 0 saturated carbocycles. The molecule has 0 amide bonds. The van der Waals surface area contributed by atoms with Crippen LogP contribution in [0.2, 0.25) is 5.28 Å². The third-order valence-electron chi connectivity index (χ3n) is 2.17. The lowest BCUT2D eigenvalue weighted by atomic mass is 10.3. The minimum Gasteiger partial charge on any atom is -0.396 e. The van der Waals surface area contributed by atoms with Gasteiger partial charge in [0.05, 0.1) is 0 Å². The van der Waals surface area contributed by atoms with Crippen molar-refractivity contribution in [3.63, 3.8) is 0 Å². The Kier molecular flexibility index (Phi) is 4.43. The van der Waals surface area contributed by atoms with E-state index in [2.05, 4.69) is 25.4 Å². The van der Waals surface area contributed by atoms with E-state index in [0.29, 0.717) is 18.4 Å². The van der Waals surface area contributed by atoms with Gasteiger partial charge in [-0.2, -0.15) is 20.1 Å². The van der Waals surface area contributed by atoms with E-state index in [9.17, 15) is 0 Å². The standard InChI is InChI=1S/C10H13ClN6O/c11-8-14-9(12-4-1-2-7-18)16-10(15-8)17-6-3-5-13-17/h3,5-6,18H,1-2,4,7H2,(H,12,14,15,16). The lowest BCUT2D eigenvalue weighted by Crippen LogP contribution is -2.10. The maximum absolute atomic E-state index is 8.67. The van der Waals surface area contributed by atoms with Gasteiger partial charge >= 0.3 is 0 Å². The van der Waals surface area contributed by atoms with Gasteiger partial charge in [0.15, 0.2) is 0 Å². The molecule has 2 N–H and O–H groups in total. The zero-order valence-electron chi connectivity index (χ0n) is 9.62. The molecule has 0 radical (unpaired) electrons. The van der Waals surface area contributed by atoms with Crippen LogP contribution < -0.4 is 5.32 Å². The van der Waals surface area contributed by atoms with Gasteiger partial charge in [-0.1, -0.05) is 0 Å². The molecule has 0 bridgehead atoms. The number of rotatable bonds is 6. The van der Waals surface area contributed by atoms with Crippen LogP contribution in [-0.2, 0) is 0 Å². The molecular formula is C10H13ClN6O. The molecule has 0 saturated heterocycles. The lowest BCUT2D eigenvalue weighted by Gasteiger charge is -2.06. The highest BCUT2D eigenvalue weighted by Crippen LogP contribution is 2.08. The number of hydrogen-bond donors (Lipinski definition) is 2. The van der Waals surface area contributed by atoms with Gasteiger partial charge in [0.1, 0.15) is 0 Å². The van der Waals surface area contributed by atoms with Crippen LogP contribution in [0.15, 0.2) is 18.5 Å². The van der Waals surface area contributed by atoms with Crippen LogP contribution in [0.5, 0.6) is 0 Å². The Bertz CT molecular complexity index is 489. The van der Waals surface area contributed by atoms with E-state index in [1.807, 2.05) is 0 Å². The van der Waals surface area contributed by atoms with Crippen LogP contribution >= 0.6 is 11.6 Å². The van der Waals surface area contributed by atoms with Gasteiger partial charge in [-0.15, -0.1) is 0 Å². The summed E-state index contributed by atoms with van der Waals surface area (Å²) in [4.78, 5) is 12.1. The van der Waals surface area contributed by atoms with Crippen molar-refractivity contribution in [2.24, 2.45) is 0 Å².